The second-order valence-electron chi connectivity index (χ2n) is 4.50. The number of aryl methyl sites for hydroxylation is 1. The van der Waals surface area contributed by atoms with Gasteiger partial charge < -0.3 is 9.47 Å². The van der Waals surface area contributed by atoms with Crippen molar-refractivity contribution < 1.29 is 14.3 Å². The smallest absolute Gasteiger partial charge is 0.338 e. The number of halogens is 2. The molecule has 0 amide bonds. The van der Waals surface area contributed by atoms with Crippen molar-refractivity contribution in [1.29, 1.82) is 0 Å². The molecule has 0 fully saturated rings. The zero-order valence-corrected chi connectivity index (χ0v) is 13.2. The van der Waals surface area contributed by atoms with Crippen molar-refractivity contribution >= 4 is 29.2 Å². The van der Waals surface area contributed by atoms with Crippen molar-refractivity contribution in [3.05, 3.63) is 63.1 Å². The SMILES string of the molecule is COC(=O)c1cc(COc2ccc(Cl)cc2Cl)ccc1C. The summed E-state index contributed by atoms with van der Waals surface area (Å²) in [5.74, 6) is 0.181. The first-order chi connectivity index (χ1) is 10.0. The van der Waals surface area contributed by atoms with Crippen LogP contribution in [0, 0.1) is 6.92 Å². The zero-order valence-electron chi connectivity index (χ0n) is 11.7. The number of carbonyl (C=O) groups is 1. The average molecular weight is 325 g/mol. The Balaban J connectivity index is 2.15. The highest BCUT2D eigenvalue weighted by Crippen LogP contribution is 2.28. The van der Waals surface area contributed by atoms with Gasteiger partial charge in [-0.25, -0.2) is 4.79 Å². The minimum absolute atomic E-state index is 0.297. The molecule has 2 aromatic carbocycles. The Hall–Kier alpha value is -1.71. The van der Waals surface area contributed by atoms with Gasteiger partial charge in [0.15, 0.2) is 0 Å². The summed E-state index contributed by atoms with van der Waals surface area (Å²) < 4.78 is 10.4. The first-order valence-electron chi connectivity index (χ1n) is 6.27. The van der Waals surface area contributed by atoms with Gasteiger partial charge in [-0.1, -0.05) is 35.3 Å². The van der Waals surface area contributed by atoms with Crippen LogP contribution in [-0.2, 0) is 11.3 Å². The maximum atomic E-state index is 11.7. The lowest BCUT2D eigenvalue weighted by molar-refractivity contribution is 0.0599. The largest absolute Gasteiger partial charge is 0.487 e. The molecule has 2 aromatic rings. The molecule has 0 N–H and O–H groups in total. The molecule has 110 valence electrons. The number of carbonyl (C=O) groups excluding carboxylic acids is 1. The number of rotatable bonds is 4. The van der Waals surface area contributed by atoms with Crippen LogP contribution in [0.3, 0.4) is 0 Å². The Morgan fingerprint density at radius 3 is 2.57 bits per heavy atom. The van der Waals surface area contributed by atoms with E-state index in [0.29, 0.717) is 28.0 Å². The van der Waals surface area contributed by atoms with Crippen molar-refractivity contribution in [2.45, 2.75) is 13.5 Å². The van der Waals surface area contributed by atoms with Gasteiger partial charge in [0.05, 0.1) is 17.7 Å². The number of methoxy groups -OCH3 is 1. The third-order valence-electron chi connectivity index (χ3n) is 3.00. The van der Waals surface area contributed by atoms with Crippen LogP contribution in [0.2, 0.25) is 10.0 Å². The minimum atomic E-state index is -0.362. The number of hydrogen-bond acceptors (Lipinski definition) is 3. The van der Waals surface area contributed by atoms with Crippen LogP contribution in [0.1, 0.15) is 21.5 Å². The molecular formula is C16H14Cl2O3. The highest BCUT2D eigenvalue weighted by Gasteiger charge is 2.10. The molecule has 3 nitrogen and oxygen atoms in total. The molecule has 0 aliphatic carbocycles. The van der Waals surface area contributed by atoms with E-state index in [-0.39, 0.29) is 5.97 Å². The van der Waals surface area contributed by atoms with E-state index in [2.05, 4.69) is 0 Å². The van der Waals surface area contributed by atoms with E-state index in [4.69, 9.17) is 32.7 Å². The second-order valence-corrected chi connectivity index (χ2v) is 5.35. The summed E-state index contributed by atoms with van der Waals surface area (Å²) in [7, 11) is 1.36. The van der Waals surface area contributed by atoms with Gasteiger partial charge in [0.2, 0.25) is 0 Å². The van der Waals surface area contributed by atoms with Gasteiger partial charge in [0.25, 0.3) is 0 Å². The standard InChI is InChI=1S/C16H14Cl2O3/c1-10-3-4-11(7-13(10)16(19)20-2)9-21-15-6-5-12(17)8-14(15)18/h3-8H,9H2,1-2H3. The highest BCUT2D eigenvalue weighted by molar-refractivity contribution is 6.35. The van der Waals surface area contributed by atoms with E-state index >= 15 is 0 Å². The van der Waals surface area contributed by atoms with Crippen molar-refractivity contribution in [2.24, 2.45) is 0 Å². The van der Waals surface area contributed by atoms with Crippen LogP contribution < -0.4 is 4.74 Å². The number of hydrogen-bond donors (Lipinski definition) is 0. The monoisotopic (exact) mass is 324 g/mol. The fraction of sp³-hybridized carbons (Fsp3) is 0.188. The lowest BCUT2D eigenvalue weighted by Crippen LogP contribution is -2.05. The number of esters is 1. The van der Waals surface area contributed by atoms with Crippen LogP contribution >= 0.6 is 23.2 Å². The van der Waals surface area contributed by atoms with Gasteiger partial charge in [0.1, 0.15) is 12.4 Å². The van der Waals surface area contributed by atoms with Crippen LogP contribution in [0.5, 0.6) is 5.75 Å². The molecule has 0 bridgehead atoms. The van der Waals surface area contributed by atoms with E-state index < -0.39 is 0 Å². The molecular weight excluding hydrogens is 311 g/mol. The summed E-state index contributed by atoms with van der Waals surface area (Å²) in [5, 5.41) is 0.999. The average Bonchev–Trinajstić information content (AvgIpc) is 2.47. The van der Waals surface area contributed by atoms with Gasteiger partial charge in [-0.15, -0.1) is 0 Å². The molecule has 0 aliphatic rings. The van der Waals surface area contributed by atoms with E-state index in [1.54, 1.807) is 24.3 Å². The summed E-state index contributed by atoms with van der Waals surface area (Å²) >= 11 is 11.9. The molecule has 0 aromatic heterocycles. The second kappa shape index (κ2) is 6.83. The molecule has 2 rings (SSSR count). The molecule has 5 heteroatoms. The highest BCUT2D eigenvalue weighted by atomic mass is 35.5. The van der Waals surface area contributed by atoms with E-state index in [1.807, 2.05) is 19.1 Å². The quantitative estimate of drug-likeness (QED) is 0.767. The molecule has 0 saturated carbocycles. The Morgan fingerprint density at radius 2 is 1.90 bits per heavy atom. The normalized spacial score (nSPS) is 10.3. The zero-order chi connectivity index (χ0) is 15.4. The predicted octanol–water partition coefficient (Wildman–Crippen LogP) is 4.67. The topological polar surface area (TPSA) is 35.5 Å². The van der Waals surface area contributed by atoms with Crippen LogP contribution in [0.25, 0.3) is 0 Å². The van der Waals surface area contributed by atoms with Crippen LogP contribution in [0.4, 0.5) is 0 Å². The number of benzene rings is 2. The van der Waals surface area contributed by atoms with E-state index in [9.17, 15) is 4.79 Å². The summed E-state index contributed by atoms with van der Waals surface area (Å²) in [6.07, 6.45) is 0. The van der Waals surface area contributed by atoms with Gasteiger partial charge >= 0.3 is 5.97 Å². The van der Waals surface area contributed by atoms with Crippen LogP contribution in [-0.4, -0.2) is 13.1 Å². The molecule has 0 unspecified atom stereocenters. The predicted molar refractivity (Wildman–Crippen MR) is 83.3 cm³/mol. The van der Waals surface area contributed by atoms with E-state index in [0.717, 1.165) is 11.1 Å². The molecule has 0 radical (unpaired) electrons. The van der Waals surface area contributed by atoms with Gasteiger partial charge in [-0.2, -0.15) is 0 Å². The first-order valence-corrected chi connectivity index (χ1v) is 7.02. The molecule has 0 spiro atoms. The Morgan fingerprint density at radius 1 is 1.14 bits per heavy atom. The summed E-state index contributed by atoms with van der Waals surface area (Å²) in [4.78, 5) is 11.7. The maximum absolute atomic E-state index is 11.7. The fourth-order valence-corrected chi connectivity index (χ4v) is 2.31. The summed E-state index contributed by atoms with van der Waals surface area (Å²) in [5.41, 5.74) is 2.24. The van der Waals surface area contributed by atoms with Crippen molar-refractivity contribution in [2.75, 3.05) is 7.11 Å². The Kier molecular flexibility index (Phi) is 5.10. The van der Waals surface area contributed by atoms with Crippen molar-refractivity contribution in [3.8, 4) is 5.75 Å². The molecule has 0 aliphatic heterocycles. The van der Waals surface area contributed by atoms with Gasteiger partial charge in [-0.05, 0) is 42.3 Å². The first kappa shape index (κ1) is 15.7. The Bertz CT molecular complexity index is 669. The van der Waals surface area contributed by atoms with Crippen molar-refractivity contribution in [3.63, 3.8) is 0 Å². The third kappa shape index (κ3) is 3.90. The summed E-state index contributed by atoms with van der Waals surface area (Å²) in [6, 6.07) is 10.5. The lowest BCUT2D eigenvalue weighted by Gasteiger charge is -2.10. The number of ether oxygens (including phenoxy) is 2. The van der Waals surface area contributed by atoms with Crippen LogP contribution in [0.15, 0.2) is 36.4 Å². The molecule has 0 atom stereocenters. The Labute approximate surface area is 133 Å². The third-order valence-corrected chi connectivity index (χ3v) is 3.53. The fourth-order valence-electron chi connectivity index (χ4n) is 1.84. The minimum Gasteiger partial charge on any atom is -0.487 e. The summed E-state index contributed by atoms with van der Waals surface area (Å²) in [6.45, 7) is 2.15. The van der Waals surface area contributed by atoms with Gasteiger partial charge in [0, 0.05) is 5.02 Å². The van der Waals surface area contributed by atoms with Crippen molar-refractivity contribution in [1.82, 2.24) is 0 Å². The molecule has 21 heavy (non-hydrogen) atoms. The maximum Gasteiger partial charge on any atom is 0.338 e. The van der Waals surface area contributed by atoms with Gasteiger partial charge in [-0.3, -0.25) is 0 Å². The lowest BCUT2D eigenvalue weighted by atomic mass is 10.1. The van der Waals surface area contributed by atoms with E-state index in [1.165, 1.54) is 7.11 Å². The molecule has 0 heterocycles. The molecule has 0 saturated heterocycles.